The van der Waals surface area contributed by atoms with Crippen molar-refractivity contribution in [2.45, 2.75) is 26.1 Å². The zero-order chi connectivity index (χ0) is 20.1. The lowest BCUT2D eigenvalue weighted by Crippen LogP contribution is -2.47. The molecule has 1 aromatic carbocycles. The smallest absolute Gasteiger partial charge is 0.260 e. The molecule has 8 heteroatoms. The average molecular weight is 409 g/mol. The number of benzene rings is 1. The van der Waals surface area contributed by atoms with E-state index in [1.807, 2.05) is 26.0 Å². The van der Waals surface area contributed by atoms with Gasteiger partial charge in [0.05, 0.1) is 32.5 Å². The summed E-state index contributed by atoms with van der Waals surface area (Å²) in [5, 5.41) is 0. The summed E-state index contributed by atoms with van der Waals surface area (Å²) in [6, 6.07) is 5.58. The largest absolute Gasteiger partial charge is 0.493 e. The number of amides is 1. The fourth-order valence-corrected chi connectivity index (χ4v) is 3.77. The summed E-state index contributed by atoms with van der Waals surface area (Å²) >= 11 is 5.69. The first kappa shape index (κ1) is 20.8. The molecule has 3 rings (SSSR count). The SMILES string of the molecule is COc1cc(C(=S)N2C[C@@H](C)O[C@H](C)C2)ccc1OCC(=O)N1CCOCC1. The van der Waals surface area contributed by atoms with Gasteiger partial charge in [0.15, 0.2) is 18.1 Å². The number of thiocarbonyl (C=S) groups is 1. The highest BCUT2D eigenvalue weighted by molar-refractivity contribution is 7.80. The van der Waals surface area contributed by atoms with Crippen LogP contribution in [-0.4, -0.2) is 86.0 Å². The van der Waals surface area contributed by atoms with Gasteiger partial charge >= 0.3 is 0 Å². The van der Waals surface area contributed by atoms with Gasteiger partial charge in [-0.3, -0.25) is 4.79 Å². The number of hydrogen-bond acceptors (Lipinski definition) is 6. The third-order valence-corrected chi connectivity index (χ3v) is 5.33. The van der Waals surface area contributed by atoms with Crippen LogP contribution in [0.3, 0.4) is 0 Å². The van der Waals surface area contributed by atoms with E-state index >= 15 is 0 Å². The van der Waals surface area contributed by atoms with Crippen molar-refractivity contribution in [1.82, 2.24) is 9.80 Å². The van der Waals surface area contributed by atoms with Crippen LogP contribution in [0.5, 0.6) is 11.5 Å². The second-order valence-corrected chi connectivity index (χ2v) is 7.50. The van der Waals surface area contributed by atoms with E-state index in [2.05, 4.69) is 4.90 Å². The molecular formula is C20H28N2O5S. The van der Waals surface area contributed by atoms with Crippen LogP contribution in [0.4, 0.5) is 0 Å². The van der Waals surface area contributed by atoms with Crippen LogP contribution in [-0.2, 0) is 14.3 Å². The maximum Gasteiger partial charge on any atom is 0.260 e. The van der Waals surface area contributed by atoms with E-state index in [4.69, 9.17) is 31.2 Å². The number of carbonyl (C=O) groups excluding carboxylic acids is 1. The summed E-state index contributed by atoms with van der Waals surface area (Å²) in [5.74, 6) is 1.03. The molecule has 2 aliphatic rings. The summed E-state index contributed by atoms with van der Waals surface area (Å²) in [6.07, 6.45) is 0.273. The van der Waals surface area contributed by atoms with Crippen LogP contribution in [0.1, 0.15) is 19.4 Å². The van der Waals surface area contributed by atoms with Crippen LogP contribution in [0.25, 0.3) is 0 Å². The summed E-state index contributed by atoms with van der Waals surface area (Å²) in [7, 11) is 1.58. The standard InChI is InChI=1S/C20H28N2O5S/c1-14-11-22(12-15(2)27-14)20(28)16-4-5-17(18(10-16)24-3)26-13-19(23)21-6-8-25-9-7-21/h4-5,10,14-15H,6-9,11-13H2,1-3H3/t14-,15-/m1/s1. The molecule has 0 saturated carbocycles. The lowest BCUT2D eigenvalue weighted by atomic mass is 10.1. The van der Waals surface area contributed by atoms with Crippen LogP contribution >= 0.6 is 12.2 Å². The van der Waals surface area contributed by atoms with E-state index < -0.39 is 0 Å². The highest BCUT2D eigenvalue weighted by Gasteiger charge is 2.25. The van der Waals surface area contributed by atoms with Crippen molar-refractivity contribution in [1.29, 1.82) is 0 Å². The predicted octanol–water partition coefficient (Wildman–Crippen LogP) is 1.72. The average Bonchev–Trinajstić information content (AvgIpc) is 2.71. The fraction of sp³-hybridized carbons (Fsp3) is 0.600. The van der Waals surface area contributed by atoms with Gasteiger partial charge in [0, 0.05) is 31.7 Å². The van der Waals surface area contributed by atoms with E-state index in [1.54, 1.807) is 18.1 Å². The molecule has 2 heterocycles. The number of carbonyl (C=O) groups is 1. The Morgan fingerprint density at radius 3 is 2.46 bits per heavy atom. The molecule has 0 bridgehead atoms. The van der Waals surface area contributed by atoms with Crippen molar-refractivity contribution in [3.63, 3.8) is 0 Å². The first-order valence-electron chi connectivity index (χ1n) is 9.59. The fourth-order valence-electron chi connectivity index (χ4n) is 3.49. The molecule has 0 radical (unpaired) electrons. The zero-order valence-electron chi connectivity index (χ0n) is 16.7. The summed E-state index contributed by atoms with van der Waals surface area (Å²) in [5.41, 5.74) is 0.889. The molecule has 154 valence electrons. The van der Waals surface area contributed by atoms with Crippen molar-refractivity contribution < 1.29 is 23.7 Å². The minimum atomic E-state index is -0.0544. The summed E-state index contributed by atoms with van der Waals surface area (Å²) < 4.78 is 22.2. The molecule has 0 aliphatic carbocycles. The van der Waals surface area contributed by atoms with Gasteiger partial charge in [-0.05, 0) is 32.0 Å². The number of rotatable bonds is 5. The number of methoxy groups -OCH3 is 1. The topological polar surface area (TPSA) is 60.5 Å². The van der Waals surface area contributed by atoms with Gasteiger partial charge in [0.2, 0.25) is 0 Å². The van der Waals surface area contributed by atoms with Gasteiger partial charge in [-0.2, -0.15) is 0 Å². The highest BCUT2D eigenvalue weighted by Crippen LogP contribution is 2.29. The molecule has 0 aromatic heterocycles. The molecule has 28 heavy (non-hydrogen) atoms. The van der Waals surface area contributed by atoms with E-state index in [9.17, 15) is 4.79 Å². The third kappa shape index (κ3) is 5.12. The van der Waals surface area contributed by atoms with Gasteiger partial charge in [-0.25, -0.2) is 0 Å². The number of hydrogen-bond donors (Lipinski definition) is 0. The van der Waals surface area contributed by atoms with E-state index in [1.165, 1.54) is 0 Å². The molecule has 2 fully saturated rings. The Labute approximate surface area is 171 Å². The monoisotopic (exact) mass is 408 g/mol. The van der Waals surface area contributed by atoms with Crippen molar-refractivity contribution in [2.24, 2.45) is 0 Å². The Bertz CT molecular complexity index is 698. The third-order valence-electron chi connectivity index (χ3n) is 4.83. The normalized spacial score (nSPS) is 22.7. The quantitative estimate of drug-likeness (QED) is 0.688. The van der Waals surface area contributed by atoms with Crippen molar-refractivity contribution >= 4 is 23.1 Å². The Balaban J connectivity index is 1.64. The Kier molecular flexibility index (Phi) is 7.09. The number of morpholine rings is 2. The summed E-state index contributed by atoms with van der Waals surface area (Å²) in [4.78, 5) is 16.9. The molecule has 2 saturated heterocycles. The number of ether oxygens (including phenoxy) is 4. The molecule has 7 nitrogen and oxygen atoms in total. The maximum absolute atomic E-state index is 12.3. The Hall–Kier alpha value is -1.90. The second-order valence-electron chi connectivity index (χ2n) is 7.11. The molecule has 0 N–H and O–H groups in total. The van der Waals surface area contributed by atoms with E-state index in [0.717, 1.165) is 23.6 Å². The van der Waals surface area contributed by atoms with Crippen molar-refractivity contribution in [3.8, 4) is 11.5 Å². The Morgan fingerprint density at radius 1 is 1.14 bits per heavy atom. The van der Waals surface area contributed by atoms with Crippen LogP contribution in [0, 0.1) is 0 Å². The Morgan fingerprint density at radius 2 is 1.82 bits per heavy atom. The van der Waals surface area contributed by atoms with Crippen LogP contribution < -0.4 is 9.47 Å². The van der Waals surface area contributed by atoms with E-state index in [-0.39, 0.29) is 24.7 Å². The minimum absolute atomic E-state index is 0.0291. The molecule has 0 unspecified atom stereocenters. The van der Waals surface area contributed by atoms with Gasteiger partial charge in [0.25, 0.3) is 5.91 Å². The first-order valence-corrected chi connectivity index (χ1v) is 10.00. The zero-order valence-corrected chi connectivity index (χ0v) is 17.5. The molecule has 0 spiro atoms. The highest BCUT2D eigenvalue weighted by atomic mass is 32.1. The summed E-state index contributed by atoms with van der Waals surface area (Å²) in [6.45, 7) is 7.93. The second kappa shape index (κ2) is 9.54. The molecule has 2 aliphatic heterocycles. The van der Waals surface area contributed by atoms with Gasteiger partial charge in [0.1, 0.15) is 4.99 Å². The molecular weight excluding hydrogens is 380 g/mol. The van der Waals surface area contributed by atoms with Gasteiger partial charge in [-0.15, -0.1) is 0 Å². The van der Waals surface area contributed by atoms with Gasteiger partial charge < -0.3 is 28.7 Å². The molecule has 1 amide bonds. The van der Waals surface area contributed by atoms with Crippen molar-refractivity contribution in [2.75, 3.05) is 53.1 Å². The lowest BCUT2D eigenvalue weighted by molar-refractivity contribution is -0.137. The van der Waals surface area contributed by atoms with E-state index in [0.29, 0.717) is 37.8 Å². The van der Waals surface area contributed by atoms with Crippen molar-refractivity contribution in [3.05, 3.63) is 23.8 Å². The van der Waals surface area contributed by atoms with Crippen LogP contribution in [0.2, 0.25) is 0 Å². The predicted molar refractivity (Wildman–Crippen MR) is 109 cm³/mol. The first-order chi connectivity index (χ1) is 13.5. The van der Waals surface area contributed by atoms with Crippen LogP contribution in [0.15, 0.2) is 18.2 Å². The minimum Gasteiger partial charge on any atom is -0.493 e. The molecule has 2 atom stereocenters. The lowest BCUT2D eigenvalue weighted by Gasteiger charge is -2.37. The maximum atomic E-state index is 12.3. The molecule has 1 aromatic rings. The number of nitrogens with zero attached hydrogens (tertiary/aromatic N) is 2. The van der Waals surface area contributed by atoms with Gasteiger partial charge in [-0.1, -0.05) is 12.2 Å².